The summed E-state index contributed by atoms with van der Waals surface area (Å²) < 4.78 is 0. The van der Waals surface area contributed by atoms with Gasteiger partial charge in [0.15, 0.2) is 0 Å². The second-order valence-corrected chi connectivity index (χ2v) is 8.99. The van der Waals surface area contributed by atoms with Crippen LogP contribution in [0.3, 0.4) is 0 Å². The molecule has 4 rings (SSSR count). The molecule has 0 bridgehead atoms. The van der Waals surface area contributed by atoms with Gasteiger partial charge in [0, 0.05) is 37.8 Å². The van der Waals surface area contributed by atoms with Crippen molar-refractivity contribution >= 4 is 23.5 Å². The highest BCUT2D eigenvalue weighted by molar-refractivity contribution is 7.98. The topological polar surface area (TPSA) is 49.3 Å². The van der Waals surface area contributed by atoms with Gasteiger partial charge in [0.1, 0.15) is 10.8 Å². The van der Waals surface area contributed by atoms with Crippen LogP contribution in [-0.2, 0) is 10.5 Å². The number of aromatic nitrogens is 2. The van der Waals surface area contributed by atoms with Crippen LogP contribution in [0.5, 0.6) is 0 Å². The average Bonchev–Trinajstić information content (AvgIpc) is 3.08. The molecule has 6 heteroatoms. The molecule has 0 spiro atoms. The second kappa shape index (κ2) is 10.1. The second-order valence-electron chi connectivity index (χ2n) is 7.99. The molecule has 0 unspecified atom stereocenters. The van der Waals surface area contributed by atoms with Gasteiger partial charge in [-0.2, -0.15) is 0 Å². The van der Waals surface area contributed by atoms with Crippen LogP contribution in [0.4, 0.5) is 5.82 Å². The van der Waals surface area contributed by atoms with E-state index in [-0.39, 0.29) is 5.92 Å². The van der Waals surface area contributed by atoms with E-state index in [1.54, 1.807) is 11.8 Å². The molecule has 2 saturated heterocycles. The van der Waals surface area contributed by atoms with Gasteiger partial charge in [-0.1, -0.05) is 43.2 Å². The molecule has 2 aliphatic rings. The monoisotopic (exact) mass is 410 g/mol. The summed E-state index contributed by atoms with van der Waals surface area (Å²) in [7, 11) is 0. The van der Waals surface area contributed by atoms with Crippen LogP contribution >= 0.6 is 11.8 Å². The molecular weight excluding hydrogens is 380 g/mol. The number of piperidine rings is 1. The zero-order valence-electron chi connectivity index (χ0n) is 17.0. The summed E-state index contributed by atoms with van der Waals surface area (Å²) in [6.45, 7) is 3.66. The Kier molecular flexibility index (Phi) is 7.04. The first-order valence-electron chi connectivity index (χ1n) is 10.8. The van der Waals surface area contributed by atoms with Crippen LogP contribution in [-0.4, -0.2) is 47.0 Å². The minimum atomic E-state index is 0.174. The van der Waals surface area contributed by atoms with Crippen molar-refractivity contribution in [2.24, 2.45) is 5.92 Å². The summed E-state index contributed by atoms with van der Waals surface area (Å²) >= 11 is 1.72. The molecule has 5 nitrogen and oxygen atoms in total. The zero-order chi connectivity index (χ0) is 19.9. The Bertz CT molecular complexity index is 784. The van der Waals surface area contributed by atoms with Gasteiger partial charge in [-0.05, 0) is 31.2 Å². The Balaban J connectivity index is 1.30. The maximum atomic E-state index is 12.9. The van der Waals surface area contributed by atoms with Crippen LogP contribution in [0.15, 0.2) is 47.8 Å². The van der Waals surface area contributed by atoms with Crippen molar-refractivity contribution in [1.82, 2.24) is 14.9 Å². The minimum absolute atomic E-state index is 0.174. The Morgan fingerprint density at radius 2 is 1.69 bits per heavy atom. The normalized spacial score (nSPS) is 18.5. The van der Waals surface area contributed by atoms with Crippen molar-refractivity contribution < 1.29 is 4.79 Å². The van der Waals surface area contributed by atoms with Gasteiger partial charge in [-0.25, -0.2) is 4.98 Å². The highest BCUT2D eigenvalue weighted by Gasteiger charge is 2.29. The molecule has 0 saturated carbocycles. The molecule has 154 valence electrons. The summed E-state index contributed by atoms with van der Waals surface area (Å²) in [5, 5.41) is 0.953. The number of hydrogen-bond donors (Lipinski definition) is 0. The van der Waals surface area contributed by atoms with Crippen LogP contribution in [0, 0.1) is 5.92 Å². The van der Waals surface area contributed by atoms with Crippen molar-refractivity contribution in [3.63, 3.8) is 0 Å². The number of nitrogens with zero attached hydrogens (tertiary/aromatic N) is 4. The maximum absolute atomic E-state index is 12.9. The third-order valence-corrected chi connectivity index (χ3v) is 6.89. The van der Waals surface area contributed by atoms with Crippen LogP contribution in [0.1, 0.15) is 44.1 Å². The fourth-order valence-electron chi connectivity index (χ4n) is 4.20. The lowest BCUT2D eigenvalue weighted by molar-refractivity contribution is -0.136. The molecular formula is C23H30N4OS. The van der Waals surface area contributed by atoms with Crippen molar-refractivity contribution in [1.29, 1.82) is 0 Å². The standard InChI is InChI=1S/C23H30N4OS/c28-23(27-12-6-1-2-7-13-27)20-10-14-26(15-11-20)21-16-24-17-22(25-21)29-18-19-8-4-3-5-9-19/h3-5,8-9,16-17,20H,1-2,6-7,10-15,18H2. The zero-order valence-corrected chi connectivity index (χ0v) is 17.8. The van der Waals surface area contributed by atoms with Crippen molar-refractivity contribution in [2.45, 2.75) is 49.3 Å². The molecule has 2 aromatic rings. The van der Waals surface area contributed by atoms with Crippen molar-refractivity contribution in [3.05, 3.63) is 48.3 Å². The predicted octanol–water partition coefficient (Wildman–Crippen LogP) is 4.39. The molecule has 1 aromatic carbocycles. The molecule has 2 fully saturated rings. The van der Waals surface area contributed by atoms with Crippen molar-refractivity contribution in [2.75, 3.05) is 31.1 Å². The number of benzene rings is 1. The number of carbonyl (C=O) groups is 1. The van der Waals surface area contributed by atoms with E-state index in [1.165, 1.54) is 18.4 Å². The van der Waals surface area contributed by atoms with Gasteiger partial charge in [-0.15, -0.1) is 11.8 Å². The van der Waals surface area contributed by atoms with Gasteiger partial charge in [0.25, 0.3) is 0 Å². The highest BCUT2D eigenvalue weighted by atomic mass is 32.2. The molecule has 3 heterocycles. The third-order valence-electron chi connectivity index (χ3n) is 5.92. The van der Waals surface area contributed by atoms with Gasteiger partial charge in [-0.3, -0.25) is 9.78 Å². The van der Waals surface area contributed by atoms with Gasteiger partial charge >= 0.3 is 0 Å². The average molecular weight is 411 g/mol. The van der Waals surface area contributed by atoms with E-state index in [0.717, 1.165) is 68.5 Å². The molecule has 0 aliphatic carbocycles. The van der Waals surface area contributed by atoms with E-state index >= 15 is 0 Å². The van der Waals surface area contributed by atoms with Crippen LogP contribution < -0.4 is 4.90 Å². The quantitative estimate of drug-likeness (QED) is 0.684. The van der Waals surface area contributed by atoms with Crippen LogP contribution in [0.2, 0.25) is 0 Å². The summed E-state index contributed by atoms with van der Waals surface area (Å²) in [5.41, 5.74) is 1.29. The lowest BCUT2D eigenvalue weighted by Gasteiger charge is -2.34. The van der Waals surface area contributed by atoms with E-state index in [1.807, 2.05) is 18.5 Å². The van der Waals surface area contributed by atoms with E-state index in [2.05, 4.69) is 39.0 Å². The number of likely N-dealkylation sites (tertiary alicyclic amines) is 1. The molecule has 29 heavy (non-hydrogen) atoms. The van der Waals surface area contributed by atoms with Gasteiger partial charge < -0.3 is 9.80 Å². The first-order chi connectivity index (χ1) is 14.3. The maximum Gasteiger partial charge on any atom is 0.225 e. The van der Waals surface area contributed by atoms with E-state index in [0.29, 0.717) is 5.91 Å². The summed E-state index contributed by atoms with van der Waals surface area (Å²) in [4.78, 5) is 26.5. The van der Waals surface area contributed by atoms with Crippen molar-refractivity contribution in [3.8, 4) is 0 Å². The predicted molar refractivity (Wildman–Crippen MR) is 118 cm³/mol. The molecule has 0 atom stereocenters. The minimum Gasteiger partial charge on any atom is -0.355 e. The van der Waals surface area contributed by atoms with E-state index in [9.17, 15) is 4.79 Å². The first kappa shape index (κ1) is 20.2. The lowest BCUT2D eigenvalue weighted by Crippen LogP contribution is -2.43. The Hall–Kier alpha value is -2.08. The largest absolute Gasteiger partial charge is 0.355 e. The number of hydrogen-bond acceptors (Lipinski definition) is 5. The number of amides is 1. The highest BCUT2D eigenvalue weighted by Crippen LogP contribution is 2.27. The summed E-state index contributed by atoms with van der Waals surface area (Å²) in [5.74, 6) is 2.38. The smallest absolute Gasteiger partial charge is 0.225 e. The molecule has 1 amide bonds. The molecule has 0 N–H and O–H groups in total. The number of rotatable bonds is 5. The summed E-state index contributed by atoms with van der Waals surface area (Å²) in [6, 6.07) is 10.4. The number of carbonyl (C=O) groups excluding carboxylic acids is 1. The van der Waals surface area contributed by atoms with Gasteiger partial charge in [0.2, 0.25) is 5.91 Å². The summed E-state index contributed by atoms with van der Waals surface area (Å²) in [6.07, 6.45) is 10.4. The fourth-order valence-corrected chi connectivity index (χ4v) is 5.00. The SMILES string of the molecule is O=C(C1CCN(c2cncc(SCc3ccccc3)n2)CC1)N1CCCCCC1. The Morgan fingerprint density at radius 1 is 0.966 bits per heavy atom. The van der Waals surface area contributed by atoms with E-state index in [4.69, 9.17) is 4.98 Å². The van der Waals surface area contributed by atoms with Crippen LogP contribution in [0.25, 0.3) is 0 Å². The number of anilines is 1. The Morgan fingerprint density at radius 3 is 2.41 bits per heavy atom. The third kappa shape index (κ3) is 5.50. The van der Waals surface area contributed by atoms with E-state index < -0.39 is 0 Å². The fraction of sp³-hybridized carbons (Fsp3) is 0.522. The molecule has 0 radical (unpaired) electrons. The lowest BCUT2D eigenvalue weighted by atomic mass is 9.95. The first-order valence-corrected chi connectivity index (χ1v) is 11.8. The number of thioether (sulfide) groups is 1. The molecule has 2 aliphatic heterocycles. The van der Waals surface area contributed by atoms with Gasteiger partial charge in [0.05, 0.1) is 12.4 Å². The Labute approximate surface area is 177 Å². The molecule has 1 aromatic heterocycles.